The maximum atomic E-state index is 11.7. The van der Waals surface area contributed by atoms with Crippen molar-refractivity contribution in [3.63, 3.8) is 0 Å². The molecule has 0 bridgehead atoms. The zero-order valence-corrected chi connectivity index (χ0v) is 17.0. The Hall–Kier alpha value is 0.281. The third-order valence-electron chi connectivity index (χ3n) is 3.07. The van der Waals surface area contributed by atoms with Gasteiger partial charge in [0.25, 0.3) is 5.56 Å². The predicted molar refractivity (Wildman–Crippen MR) is 74.3 cm³/mol. The summed E-state index contributed by atoms with van der Waals surface area (Å²) in [5.41, 5.74) is -0.918. The summed E-state index contributed by atoms with van der Waals surface area (Å²) in [6.45, 7) is 0.994. The van der Waals surface area contributed by atoms with Crippen LogP contribution in [0.15, 0.2) is 15.8 Å². The summed E-state index contributed by atoms with van der Waals surface area (Å²) in [6, 6.07) is 0. The van der Waals surface area contributed by atoms with Gasteiger partial charge in [-0.15, -0.1) is 0 Å². The van der Waals surface area contributed by atoms with Crippen LogP contribution < -0.4 is 11.2 Å². The molecule has 4 N–H and O–H groups in total. The van der Waals surface area contributed by atoms with E-state index in [1.807, 2.05) is 0 Å². The van der Waals surface area contributed by atoms with Crippen molar-refractivity contribution in [2.75, 3.05) is 6.61 Å². The van der Waals surface area contributed by atoms with Crippen LogP contribution in [-0.4, -0.2) is 92.1 Å². The topological polar surface area (TPSA) is 151 Å². The molecule has 0 aliphatic carbocycles. The summed E-state index contributed by atoms with van der Waals surface area (Å²) in [5.74, 6) is 0. The van der Waals surface area contributed by atoms with Crippen molar-refractivity contribution < 1.29 is 28.7 Å². The first-order chi connectivity index (χ1) is 9.67. The molecule has 1 aromatic rings. The maximum absolute atomic E-state index is 11.7. The predicted octanol–water partition coefficient (Wildman–Crippen LogP) is -1.78. The molecule has 2 radical (unpaired) electrons. The van der Waals surface area contributed by atoms with E-state index in [2.05, 4.69) is 9.51 Å². The van der Waals surface area contributed by atoms with Gasteiger partial charge in [-0.3, -0.25) is 18.9 Å². The monoisotopic (exact) mass is 460 g/mol. The van der Waals surface area contributed by atoms with Crippen molar-refractivity contribution in [1.29, 1.82) is 0 Å². The van der Waals surface area contributed by atoms with Gasteiger partial charge in [0, 0.05) is 67.1 Å². The van der Waals surface area contributed by atoms with Crippen LogP contribution in [0, 0.1) is 6.92 Å². The zero-order chi connectivity index (χ0) is 15.8. The van der Waals surface area contributed by atoms with E-state index < -0.39 is 44.1 Å². The Bertz CT molecular complexity index is 682. The van der Waals surface area contributed by atoms with E-state index in [1.165, 1.54) is 13.1 Å². The van der Waals surface area contributed by atoms with Gasteiger partial charge in [-0.05, 0) is 6.92 Å². The summed E-state index contributed by atoms with van der Waals surface area (Å²) in [6.07, 6.45) is -1.57. The van der Waals surface area contributed by atoms with Crippen molar-refractivity contribution in [1.82, 2.24) is 9.55 Å². The van der Waals surface area contributed by atoms with E-state index in [9.17, 15) is 19.3 Å². The van der Waals surface area contributed by atoms with Gasteiger partial charge in [0.05, 0.1) is 12.7 Å². The SMILES string of the molecule is Cc1cn([C@H]2C[C@H](O)[C@@H](COP(=O)(O)O)O2)c(=O)[nH]c1=O.[Ba]. The summed E-state index contributed by atoms with van der Waals surface area (Å²) < 4.78 is 21.4. The molecule has 1 aliphatic rings. The van der Waals surface area contributed by atoms with Gasteiger partial charge in [-0.25, -0.2) is 9.36 Å². The number of hydrogen-bond acceptors (Lipinski definition) is 6. The number of aliphatic hydroxyl groups is 1. The molecule has 2 rings (SSSR count). The summed E-state index contributed by atoms with van der Waals surface area (Å²) in [7, 11) is -4.67. The molecule has 1 fully saturated rings. The van der Waals surface area contributed by atoms with E-state index in [4.69, 9.17) is 14.5 Å². The Labute approximate surface area is 164 Å². The smallest absolute Gasteiger partial charge is 0.390 e. The molecule has 1 saturated heterocycles. The number of H-pyrrole nitrogens is 1. The van der Waals surface area contributed by atoms with Crippen molar-refractivity contribution in [2.45, 2.75) is 31.8 Å². The first kappa shape index (κ1) is 20.3. The number of aliphatic hydroxyl groups excluding tert-OH is 1. The molecule has 0 amide bonds. The fraction of sp³-hybridized carbons (Fsp3) is 0.600. The Morgan fingerprint density at radius 3 is 2.73 bits per heavy atom. The number of rotatable bonds is 4. The first-order valence-corrected chi connectivity index (χ1v) is 7.56. The molecule has 120 valence electrons. The molecule has 0 unspecified atom stereocenters. The van der Waals surface area contributed by atoms with Crippen LogP contribution in [0.25, 0.3) is 0 Å². The molecular formula is C10H15BaN2O8P. The van der Waals surface area contributed by atoms with E-state index >= 15 is 0 Å². The van der Waals surface area contributed by atoms with Crippen molar-refractivity contribution in [3.05, 3.63) is 32.6 Å². The minimum absolute atomic E-state index is 0. The van der Waals surface area contributed by atoms with Gasteiger partial charge in [-0.1, -0.05) is 0 Å². The van der Waals surface area contributed by atoms with E-state index in [-0.39, 0.29) is 55.3 Å². The van der Waals surface area contributed by atoms with Crippen LogP contribution in [-0.2, 0) is 13.8 Å². The zero-order valence-electron chi connectivity index (χ0n) is 11.7. The first-order valence-electron chi connectivity index (χ1n) is 6.03. The summed E-state index contributed by atoms with van der Waals surface area (Å²) in [5, 5.41) is 9.79. The van der Waals surface area contributed by atoms with Crippen molar-refractivity contribution >= 4 is 56.7 Å². The summed E-state index contributed by atoms with van der Waals surface area (Å²) >= 11 is 0. The largest absolute Gasteiger partial charge is 0.469 e. The van der Waals surface area contributed by atoms with E-state index in [0.29, 0.717) is 5.56 Å². The average molecular weight is 460 g/mol. The number of hydrogen-bond donors (Lipinski definition) is 4. The number of nitrogens with zero attached hydrogens (tertiary/aromatic N) is 1. The Balaban J connectivity index is 0.00000242. The molecule has 0 aromatic carbocycles. The van der Waals surface area contributed by atoms with E-state index in [1.54, 1.807) is 0 Å². The van der Waals surface area contributed by atoms with Crippen LogP contribution in [0.2, 0.25) is 0 Å². The van der Waals surface area contributed by atoms with Crippen molar-refractivity contribution in [3.8, 4) is 0 Å². The van der Waals surface area contributed by atoms with Gasteiger partial charge in [0.1, 0.15) is 12.3 Å². The molecule has 1 aliphatic heterocycles. The molecule has 0 spiro atoms. The second-order valence-electron chi connectivity index (χ2n) is 4.70. The Kier molecular flexibility index (Phi) is 7.30. The average Bonchev–Trinajstić information content (AvgIpc) is 2.72. The minimum atomic E-state index is -4.67. The quantitative estimate of drug-likeness (QED) is 0.305. The molecule has 2 heterocycles. The van der Waals surface area contributed by atoms with Gasteiger partial charge < -0.3 is 19.6 Å². The normalized spacial score (nSPS) is 25.0. The summed E-state index contributed by atoms with van der Waals surface area (Å²) in [4.78, 5) is 42.3. The van der Waals surface area contributed by atoms with Crippen LogP contribution in [0.3, 0.4) is 0 Å². The number of phosphoric ester groups is 1. The van der Waals surface area contributed by atoms with E-state index in [0.717, 1.165) is 4.57 Å². The third kappa shape index (κ3) is 5.15. The number of phosphoric acid groups is 1. The standard InChI is InChI=1S/C10H15N2O8P.Ba/c1-5-3-12(10(15)11-9(5)14)8-2-6(13)7(20-8)4-19-21(16,17)18;/h3,6-8,13H,2,4H2,1H3,(H,11,14,15)(H2,16,17,18);/t6-,7+,8+;/m0./s1. The van der Waals surface area contributed by atoms with Crippen LogP contribution >= 0.6 is 7.82 Å². The fourth-order valence-electron chi connectivity index (χ4n) is 2.01. The molecule has 1 aromatic heterocycles. The number of nitrogens with one attached hydrogen (secondary N) is 1. The molecule has 3 atom stereocenters. The van der Waals surface area contributed by atoms with Gasteiger partial charge >= 0.3 is 13.5 Å². The molecule has 12 heteroatoms. The minimum Gasteiger partial charge on any atom is -0.390 e. The Morgan fingerprint density at radius 2 is 2.14 bits per heavy atom. The number of aryl methyl sites for hydroxylation is 1. The molecule has 0 saturated carbocycles. The second kappa shape index (κ2) is 7.90. The third-order valence-corrected chi connectivity index (χ3v) is 3.55. The van der Waals surface area contributed by atoms with Gasteiger partial charge in [0.15, 0.2) is 0 Å². The maximum Gasteiger partial charge on any atom is 0.469 e. The van der Waals surface area contributed by atoms with Crippen LogP contribution in [0.5, 0.6) is 0 Å². The molecule has 10 nitrogen and oxygen atoms in total. The Morgan fingerprint density at radius 1 is 1.50 bits per heavy atom. The number of aromatic nitrogens is 2. The number of aromatic amines is 1. The molecule has 22 heavy (non-hydrogen) atoms. The van der Waals surface area contributed by atoms with Crippen LogP contribution in [0.4, 0.5) is 0 Å². The van der Waals surface area contributed by atoms with Gasteiger partial charge in [-0.2, -0.15) is 0 Å². The molecular weight excluding hydrogens is 444 g/mol. The fourth-order valence-corrected chi connectivity index (χ4v) is 2.35. The van der Waals surface area contributed by atoms with Gasteiger partial charge in [0.2, 0.25) is 0 Å². The second-order valence-corrected chi connectivity index (χ2v) is 5.94. The van der Waals surface area contributed by atoms with Crippen molar-refractivity contribution in [2.24, 2.45) is 0 Å². The van der Waals surface area contributed by atoms with Crippen LogP contribution in [0.1, 0.15) is 18.2 Å². The number of ether oxygens (including phenoxy) is 1.